The molecule has 2 aromatic rings. The third-order valence-corrected chi connectivity index (χ3v) is 3.76. The number of methoxy groups -OCH3 is 1. The number of benzene rings is 2. The summed E-state index contributed by atoms with van der Waals surface area (Å²) in [6.45, 7) is 2.18. The Morgan fingerprint density at radius 2 is 1.90 bits per heavy atom. The van der Waals surface area contributed by atoms with Gasteiger partial charge >= 0.3 is 0 Å². The van der Waals surface area contributed by atoms with Gasteiger partial charge in [0.2, 0.25) is 0 Å². The van der Waals surface area contributed by atoms with Crippen LogP contribution in [0, 0.1) is 0 Å². The molecule has 0 amide bonds. The van der Waals surface area contributed by atoms with Gasteiger partial charge in [0, 0.05) is 10.6 Å². The molecular weight excluding hydrogens is 284 g/mol. The van der Waals surface area contributed by atoms with E-state index in [4.69, 9.17) is 22.2 Å². The lowest BCUT2D eigenvalue weighted by molar-refractivity contribution is 0.404. The monoisotopic (exact) mass is 304 g/mol. The molecule has 0 aliphatic carbocycles. The van der Waals surface area contributed by atoms with Gasteiger partial charge in [0.1, 0.15) is 5.75 Å². The van der Waals surface area contributed by atoms with Gasteiger partial charge in [-0.1, -0.05) is 49.2 Å². The first kappa shape index (κ1) is 15.8. The van der Waals surface area contributed by atoms with Crippen LogP contribution in [0.2, 0.25) is 5.02 Å². The summed E-state index contributed by atoms with van der Waals surface area (Å²) in [6, 6.07) is 13.8. The van der Waals surface area contributed by atoms with Gasteiger partial charge < -0.3 is 4.74 Å². The zero-order valence-electron chi connectivity index (χ0n) is 12.4. The molecule has 0 fully saturated rings. The Kier molecular flexibility index (Phi) is 5.62. The highest BCUT2D eigenvalue weighted by atomic mass is 35.5. The van der Waals surface area contributed by atoms with Crippen molar-refractivity contribution >= 4 is 11.6 Å². The lowest BCUT2D eigenvalue weighted by atomic mass is 9.96. The van der Waals surface area contributed by atoms with Crippen molar-refractivity contribution < 1.29 is 4.74 Å². The molecule has 1 unspecified atom stereocenters. The minimum atomic E-state index is -0.158. The number of nitrogens with one attached hydrogen (secondary N) is 1. The first-order valence-electron chi connectivity index (χ1n) is 7.08. The van der Waals surface area contributed by atoms with Gasteiger partial charge in [-0.05, 0) is 35.7 Å². The highest BCUT2D eigenvalue weighted by molar-refractivity contribution is 6.30. The number of halogens is 1. The van der Waals surface area contributed by atoms with Crippen LogP contribution in [0.1, 0.15) is 36.1 Å². The fraction of sp³-hybridized carbons (Fsp3) is 0.294. The molecular formula is C17H21ClN2O. The molecule has 0 saturated carbocycles. The van der Waals surface area contributed by atoms with Crippen molar-refractivity contribution in [3.05, 3.63) is 64.2 Å². The van der Waals surface area contributed by atoms with Gasteiger partial charge in [0.05, 0.1) is 13.2 Å². The molecule has 0 saturated heterocycles. The molecule has 2 rings (SSSR count). The Balaban J connectivity index is 2.37. The molecule has 3 N–H and O–H groups in total. The minimum Gasteiger partial charge on any atom is -0.496 e. The summed E-state index contributed by atoms with van der Waals surface area (Å²) in [6.07, 6.45) is 2.22. The second kappa shape index (κ2) is 7.46. The lowest BCUT2D eigenvalue weighted by Crippen LogP contribution is -2.29. The average Bonchev–Trinajstić information content (AvgIpc) is 2.50. The standard InChI is InChI=1S/C17H21ClN2O/c1-3-4-12-5-7-13(8-6-12)17(20-19)15-11-14(18)9-10-16(15)21-2/h5-11,17,20H,3-4,19H2,1-2H3. The van der Waals surface area contributed by atoms with E-state index < -0.39 is 0 Å². The second-order valence-corrected chi connectivity index (χ2v) is 5.41. The second-order valence-electron chi connectivity index (χ2n) is 4.98. The van der Waals surface area contributed by atoms with E-state index in [1.807, 2.05) is 18.2 Å². The number of aryl methyl sites for hydroxylation is 1. The molecule has 0 aliphatic rings. The van der Waals surface area contributed by atoms with Crippen LogP contribution < -0.4 is 16.0 Å². The largest absolute Gasteiger partial charge is 0.496 e. The Morgan fingerprint density at radius 3 is 2.48 bits per heavy atom. The van der Waals surface area contributed by atoms with Crippen molar-refractivity contribution in [1.82, 2.24) is 5.43 Å². The van der Waals surface area contributed by atoms with Crippen molar-refractivity contribution in [2.24, 2.45) is 5.84 Å². The van der Waals surface area contributed by atoms with Crippen molar-refractivity contribution in [3.8, 4) is 5.75 Å². The van der Waals surface area contributed by atoms with E-state index in [-0.39, 0.29) is 6.04 Å². The summed E-state index contributed by atoms with van der Waals surface area (Å²) in [5.41, 5.74) is 6.19. The maximum absolute atomic E-state index is 6.10. The van der Waals surface area contributed by atoms with Gasteiger partial charge in [-0.3, -0.25) is 5.84 Å². The van der Waals surface area contributed by atoms with E-state index in [9.17, 15) is 0 Å². The van der Waals surface area contributed by atoms with Gasteiger partial charge in [-0.2, -0.15) is 0 Å². The third-order valence-electron chi connectivity index (χ3n) is 3.52. The van der Waals surface area contributed by atoms with Crippen LogP contribution in [0.25, 0.3) is 0 Å². The van der Waals surface area contributed by atoms with Crippen molar-refractivity contribution in [3.63, 3.8) is 0 Å². The van der Waals surface area contributed by atoms with Crippen LogP contribution in [0.4, 0.5) is 0 Å². The number of hydrazine groups is 1. The molecule has 1 atom stereocenters. The van der Waals surface area contributed by atoms with Crippen LogP contribution in [-0.4, -0.2) is 7.11 Å². The Morgan fingerprint density at radius 1 is 1.19 bits per heavy atom. The minimum absolute atomic E-state index is 0.158. The molecule has 3 nitrogen and oxygen atoms in total. The van der Waals surface area contributed by atoms with E-state index in [1.54, 1.807) is 7.11 Å². The maximum atomic E-state index is 6.10. The normalized spacial score (nSPS) is 12.2. The predicted octanol–water partition coefficient (Wildman–Crippen LogP) is 3.85. The van der Waals surface area contributed by atoms with Crippen LogP contribution in [0.5, 0.6) is 5.75 Å². The van der Waals surface area contributed by atoms with Gasteiger partial charge in [0.25, 0.3) is 0 Å². The zero-order chi connectivity index (χ0) is 15.2. The molecule has 0 aliphatic heterocycles. The fourth-order valence-electron chi connectivity index (χ4n) is 2.46. The fourth-order valence-corrected chi connectivity index (χ4v) is 2.64. The van der Waals surface area contributed by atoms with E-state index in [0.717, 1.165) is 29.7 Å². The number of hydrogen-bond donors (Lipinski definition) is 2. The van der Waals surface area contributed by atoms with Crippen LogP contribution in [0.3, 0.4) is 0 Å². The van der Waals surface area contributed by atoms with Gasteiger partial charge in [0.15, 0.2) is 0 Å². The first-order chi connectivity index (χ1) is 10.2. The van der Waals surface area contributed by atoms with Crippen molar-refractivity contribution in [2.45, 2.75) is 25.8 Å². The quantitative estimate of drug-likeness (QED) is 0.629. The molecule has 21 heavy (non-hydrogen) atoms. The predicted molar refractivity (Wildman–Crippen MR) is 87.6 cm³/mol. The summed E-state index contributed by atoms with van der Waals surface area (Å²) >= 11 is 6.10. The smallest absolute Gasteiger partial charge is 0.124 e. The van der Waals surface area contributed by atoms with Gasteiger partial charge in [-0.15, -0.1) is 0 Å². The Bertz CT molecular complexity index is 584. The Hall–Kier alpha value is -1.55. The molecule has 0 heterocycles. The summed E-state index contributed by atoms with van der Waals surface area (Å²) in [5, 5.41) is 0.661. The number of ether oxygens (including phenoxy) is 1. The number of rotatable bonds is 6. The molecule has 2 aromatic carbocycles. The summed E-state index contributed by atoms with van der Waals surface area (Å²) < 4.78 is 5.41. The molecule has 0 bridgehead atoms. The lowest BCUT2D eigenvalue weighted by Gasteiger charge is -2.20. The average molecular weight is 305 g/mol. The third kappa shape index (κ3) is 3.76. The number of nitrogens with two attached hydrogens (primary N) is 1. The maximum Gasteiger partial charge on any atom is 0.124 e. The molecule has 112 valence electrons. The molecule has 0 spiro atoms. The Labute approximate surface area is 131 Å². The van der Waals surface area contributed by atoms with Gasteiger partial charge in [-0.25, -0.2) is 5.43 Å². The van der Waals surface area contributed by atoms with Crippen LogP contribution in [0.15, 0.2) is 42.5 Å². The summed E-state index contributed by atoms with van der Waals surface area (Å²) in [4.78, 5) is 0. The number of hydrogen-bond acceptors (Lipinski definition) is 3. The topological polar surface area (TPSA) is 47.3 Å². The summed E-state index contributed by atoms with van der Waals surface area (Å²) in [5.74, 6) is 6.52. The molecule has 4 heteroatoms. The highest BCUT2D eigenvalue weighted by Gasteiger charge is 2.17. The SMILES string of the molecule is CCCc1ccc(C(NN)c2cc(Cl)ccc2OC)cc1. The van der Waals surface area contributed by atoms with Crippen LogP contribution >= 0.6 is 11.6 Å². The van der Waals surface area contributed by atoms with E-state index in [0.29, 0.717) is 5.02 Å². The zero-order valence-corrected chi connectivity index (χ0v) is 13.2. The van der Waals surface area contributed by atoms with E-state index in [1.165, 1.54) is 5.56 Å². The molecule has 0 aromatic heterocycles. The van der Waals surface area contributed by atoms with E-state index in [2.05, 4.69) is 36.6 Å². The van der Waals surface area contributed by atoms with Crippen molar-refractivity contribution in [2.75, 3.05) is 7.11 Å². The molecule has 0 radical (unpaired) electrons. The first-order valence-corrected chi connectivity index (χ1v) is 7.45. The summed E-state index contributed by atoms with van der Waals surface area (Å²) in [7, 11) is 1.64. The van der Waals surface area contributed by atoms with E-state index >= 15 is 0 Å². The van der Waals surface area contributed by atoms with Crippen molar-refractivity contribution in [1.29, 1.82) is 0 Å². The van der Waals surface area contributed by atoms with Crippen LogP contribution in [-0.2, 0) is 6.42 Å². The highest BCUT2D eigenvalue weighted by Crippen LogP contribution is 2.32.